The summed E-state index contributed by atoms with van der Waals surface area (Å²) >= 11 is 8.55. The van der Waals surface area contributed by atoms with Gasteiger partial charge < -0.3 is 9.64 Å². The van der Waals surface area contributed by atoms with E-state index >= 15 is 0 Å². The Morgan fingerprint density at radius 1 is 1.11 bits per heavy atom. The number of thiophene rings is 2. The van der Waals surface area contributed by atoms with E-state index < -0.39 is 21.7 Å². The van der Waals surface area contributed by atoms with Crippen molar-refractivity contribution in [3.8, 4) is 9.75 Å². The molecule has 1 aliphatic heterocycles. The lowest BCUT2D eigenvalue weighted by molar-refractivity contribution is -0.134. The first-order valence-corrected chi connectivity index (χ1v) is 15.2. The molecule has 0 bridgehead atoms. The highest BCUT2D eigenvalue weighted by Gasteiger charge is 2.35. The Hall–Kier alpha value is -2.77. The highest BCUT2D eigenvalue weighted by molar-refractivity contribution is 7.91. The molecule has 200 valence electrons. The summed E-state index contributed by atoms with van der Waals surface area (Å²) in [5, 5.41) is 0.738. The Morgan fingerprint density at radius 2 is 1.84 bits per heavy atom. The molecule has 0 aliphatic carbocycles. The molecule has 0 aromatic carbocycles. The fourth-order valence-electron chi connectivity index (χ4n) is 4.17. The van der Waals surface area contributed by atoms with E-state index in [1.807, 2.05) is 6.07 Å². The van der Waals surface area contributed by atoms with Crippen LogP contribution in [-0.2, 0) is 26.1 Å². The van der Waals surface area contributed by atoms with Crippen LogP contribution in [0.4, 0.5) is 4.79 Å². The number of carbonyl (C=O) groups is 2. The summed E-state index contributed by atoms with van der Waals surface area (Å²) in [7, 11) is -3.85. The maximum atomic E-state index is 13.3. The second-order valence-electron chi connectivity index (χ2n) is 9.76. The Morgan fingerprint density at radius 3 is 2.53 bits per heavy atom. The third kappa shape index (κ3) is 5.36. The van der Waals surface area contributed by atoms with Gasteiger partial charge in [0.05, 0.1) is 22.9 Å². The van der Waals surface area contributed by atoms with Crippen LogP contribution < -0.4 is 0 Å². The number of hydrogen-bond acceptors (Lipinski definition) is 8. The first-order chi connectivity index (χ1) is 17.9. The summed E-state index contributed by atoms with van der Waals surface area (Å²) in [6.07, 6.45) is 2.68. The van der Waals surface area contributed by atoms with Gasteiger partial charge in [-0.1, -0.05) is 11.6 Å². The van der Waals surface area contributed by atoms with Crippen molar-refractivity contribution in [2.45, 2.75) is 37.1 Å². The van der Waals surface area contributed by atoms with Gasteiger partial charge in [-0.3, -0.25) is 9.78 Å². The van der Waals surface area contributed by atoms with E-state index in [0.29, 0.717) is 15.5 Å². The van der Waals surface area contributed by atoms with Crippen molar-refractivity contribution in [1.29, 1.82) is 0 Å². The SMILES string of the molecule is CC(C)(C)OC(=O)n1c(CN2CCN(S(=O)(=O)c3ccc(-c4ccc(Cl)s4)s3)CC2=O)cc2cnccc21. The van der Waals surface area contributed by atoms with Gasteiger partial charge in [0.15, 0.2) is 0 Å². The van der Waals surface area contributed by atoms with Crippen LogP contribution in [0.2, 0.25) is 4.34 Å². The van der Waals surface area contributed by atoms with Gasteiger partial charge >= 0.3 is 6.09 Å². The summed E-state index contributed by atoms with van der Waals surface area (Å²) in [5.41, 5.74) is 0.480. The number of aromatic nitrogens is 2. The van der Waals surface area contributed by atoms with Crippen LogP contribution in [0.1, 0.15) is 26.5 Å². The van der Waals surface area contributed by atoms with Gasteiger partial charge in [0.1, 0.15) is 9.81 Å². The average molecular weight is 593 g/mol. The predicted octanol–water partition coefficient (Wildman–Crippen LogP) is 5.30. The van der Waals surface area contributed by atoms with Gasteiger partial charge in [0.25, 0.3) is 10.0 Å². The minimum atomic E-state index is -3.85. The second-order valence-corrected chi connectivity index (χ2v) is 14.7. The summed E-state index contributed by atoms with van der Waals surface area (Å²) in [4.78, 5) is 33.5. The zero-order chi connectivity index (χ0) is 27.2. The van der Waals surface area contributed by atoms with Gasteiger partial charge in [-0.05, 0) is 57.2 Å². The number of sulfonamides is 1. The molecule has 0 spiro atoms. The van der Waals surface area contributed by atoms with Crippen molar-refractivity contribution in [2.24, 2.45) is 0 Å². The number of rotatable bonds is 5. The third-order valence-corrected chi connectivity index (χ3v) is 10.7. The molecule has 5 rings (SSSR count). The molecule has 1 aliphatic rings. The smallest absolute Gasteiger partial charge is 0.419 e. The number of halogens is 1. The minimum Gasteiger partial charge on any atom is -0.443 e. The molecule has 0 atom stereocenters. The lowest BCUT2D eigenvalue weighted by Crippen LogP contribution is -2.51. The Labute approximate surface area is 233 Å². The quantitative estimate of drug-likeness (QED) is 0.312. The third-order valence-electron chi connectivity index (χ3n) is 5.88. The van der Waals surface area contributed by atoms with E-state index in [1.54, 1.807) is 68.4 Å². The van der Waals surface area contributed by atoms with Gasteiger partial charge in [-0.2, -0.15) is 4.31 Å². The van der Waals surface area contributed by atoms with E-state index in [0.717, 1.165) is 26.5 Å². The van der Waals surface area contributed by atoms with Crippen LogP contribution in [0, 0.1) is 0 Å². The molecule has 4 aromatic heterocycles. The zero-order valence-corrected chi connectivity index (χ0v) is 24.1. The van der Waals surface area contributed by atoms with Crippen molar-refractivity contribution in [1.82, 2.24) is 18.8 Å². The Bertz CT molecular complexity index is 1630. The molecule has 1 amide bonds. The van der Waals surface area contributed by atoms with E-state index in [2.05, 4.69) is 4.98 Å². The molecule has 0 unspecified atom stereocenters. The van der Waals surface area contributed by atoms with Crippen molar-refractivity contribution in [3.63, 3.8) is 0 Å². The molecule has 38 heavy (non-hydrogen) atoms. The van der Waals surface area contributed by atoms with Gasteiger partial charge in [-0.25, -0.2) is 17.8 Å². The summed E-state index contributed by atoms with van der Waals surface area (Å²) in [6, 6.07) is 10.5. The molecule has 0 N–H and O–H groups in total. The molecular formula is C25H25ClN4O5S3. The minimum absolute atomic E-state index is 0.128. The number of piperazine rings is 1. The van der Waals surface area contributed by atoms with Crippen molar-refractivity contribution >= 4 is 67.2 Å². The van der Waals surface area contributed by atoms with Crippen LogP contribution >= 0.6 is 34.3 Å². The average Bonchev–Trinajstić information content (AvgIpc) is 3.57. The largest absolute Gasteiger partial charge is 0.443 e. The normalized spacial score (nSPS) is 15.4. The van der Waals surface area contributed by atoms with Crippen LogP contribution in [-0.4, -0.2) is 64.4 Å². The highest BCUT2D eigenvalue weighted by atomic mass is 35.5. The molecule has 9 nitrogen and oxygen atoms in total. The highest BCUT2D eigenvalue weighted by Crippen LogP contribution is 2.37. The number of amides is 1. The van der Waals surface area contributed by atoms with Gasteiger partial charge in [0.2, 0.25) is 5.91 Å². The standard InChI is InChI=1S/C25H25ClN4O5S3/c1-25(2,3)35-24(32)30-17(12-16-13-27-9-8-18(16)30)14-28-10-11-29(15-22(28)31)38(33,34)23-7-5-20(37-23)19-4-6-21(26)36-19/h4-9,12-13H,10-11,14-15H2,1-3H3. The molecule has 0 radical (unpaired) electrons. The molecule has 1 saturated heterocycles. The second kappa shape index (κ2) is 10.1. The summed E-state index contributed by atoms with van der Waals surface area (Å²) in [6.45, 7) is 5.52. The van der Waals surface area contributed by atoms with Crippen LogP contribution in [0.15, 0.2) is 53.0 Å². The van der Waals surface area contributed by atoms with E-state index in [4.69, 9.17) is 16.3 Å². The Balaban J connectivity index is 1.34. The number of hydrogen-bond donors (Lipinski definition) is 0. The maximum Gasteiger partial charge on any atom is 0.419 e. The topological polar surface area (TPSA) is 102 Å². The molecular weight excluding hydrogens is 568 g/mol. The van der Waals surface area contributed by atoms with Crippen LogP contribution in [0.5, 0.6) is 0 Å². The Kier molecular flexibility index (Phi) is 7.12. The number of ether oxygens (including phenoxy) is 1. The lowest BCUT2D eigenvalue weighted by atomic mass is 10.2. The number of carbonyl (C=O) groups excluding carboxylic acids is 2. The van der Waals surface area contributed by atoms with Crippen LogP contribution in [0.25, 0.3) is 20.7 Å². The van der Waals surface area contributed by atoms with Crippen molar-refractivity contribution < 1.29 is 22.7 Å². The van der Waals surface area contributed by atoms with Crippen LogP contribution in [0.3, 0.4) is 0 Å². The number of fused-ring (bicyclic) bond motifs is 1. The fourth-order valence-corrected chi connectivity index (χ4v) is 8.15. The molecule has 0 saturated carbocycles. The molecule has 5 heterocycles. The van der Waals surface area contributed by atoms with E-state index in [-0.39, 0.29) is 36.3 Å². The van der Waals surface area contributed by atoms with Gasteiger partial charge in [0, 0.05) is 46.3 Å². The molecule has 1 fully saturated rings. The van der Waals surface area contributed by atoms with Crippen molar-refractivity contribution in [3.05, 3.63) is 58.8 Å². The fraction of sp³-hybridized carbons (Fsp3) is 0.320. The maximum absolute atomic E-state index is 13.3. The molecule has 4 aromatic rings. The van der Waals surface area contributed by atoms with Crippen molar-refractivity contribution in [2.75, 3.05) is 19.6 Å². The number of nitrogens with zero attached hydrogens (tertiary/aromatic N) is 4. The monoisotopic (exact) mass is 592 g/mol. The summed E-state index contributed by atoms with van der Waals surface area (Å²) in [5.74, 6) is -0.347. The van der Waals surface area contributed by atoms with Gasteiger partial charge in [-0.15, -0.1) is 22.7 Å². The summed E-state index contributed by atoms with van der Waals surface area (Å²) < 4.78 is 35.7. The first-order valence-electron chi connectivity index (χ1n) is 11.7. The van der Waals surface area contributed by atoms with E-state index in [9.17, 15) is 18.0 Å². The number of pyridine rings is 1. The van der Waals surface area contributed by atoms with E-state index in [1.165, 1.54) is 20.2 Å². The molecule has 13 heteroatoms. The first kappa shape index (κ1) is 26.8. The lowest BCUT2D eigenvalue weighted by Gasteiger charge is -2.33. The predicted molar refractivity (Wildman–Crippen MR) is 148 cm³/mol. The zero-order valence-electron chi connectivity index (χ0n) is 20.9.